The molecule has 0 aliphatic rings. The van der Waals surface area contributed by atoms with Gasteiger partial charge in [0.2, 0.25) is 5.78 Å². The number of nitro groups is 1. The monoisotopic (exact) mass is 484 g/mol. The van der Waals surface area contributed by atoms with E-state index < -0.39 is 28.1 Å². The summed E-state index contributed by atoms with van der Waals surface area (Å²) in [7, 11) is 0. The number of nitro benzene ring substituents is 1. The Kier molecular flexibility index (Phi) is 7.25. The molecule has 8 nitrogen and oxygen atoms in total. The van der Waals surface area contributed by atoms with Gasteiger partial charge in [0.25, 0.3) is 5.91 Å². The highest BCUT2D eigenvalue weighted by Gasteiger charge is 2.20. The number of furan rings is 1. The summed E-state index contributed by atoms with van der Waals surface area (Å²) in [5, 5.41) is 23.0. The Morgan fingerprint density at radius 2 is 1.75 bits per heavy atom. The molecule has 2 N–H and O–H groups in total. The molecule has 3 aromatic carbocycles. The number of carbonyl (C=O) groups is 2. The number of ketones is 1. The fourth-order valence-electron chi connectivity index (χ4n) is 3.98. The molecule has 0 aliphatic carbocycles. The molecule has 4 rings (SSSR count). The molecule has 0 aliphatic heterocycles. The van der Waals surface area contributed by atoms with E-state index in [2.05, 4.69) is 24.4 Å². The zero-order valence-corrected chi connectivity index (χ0v) is 19.5. The number of aromatic hydroxyl groups is 1. The molecule has 36 heavy (non-hydrogen) atoms. The van der Waals surface area contributed by atoms with Crippen LogP contribution in [0.2, 0.25) is 0 Å². The molecule has 0 saturated carbocycles. The minimum absolute atomic E-state index is 0.0488. The lowest BCUT2D eigenvalue weighted by atomic mass is 9.93. The van der Waals surface area contributed by atoms with Crippen LogP contribution in [0.1, 0.15) is 44.9 Å². The molecular weight excluding hydrogens is 460 g/mol. The first-order valence-corrected chi connectivity index (χ1v) is 11.3. The number of hydrogen-bond donors (Lipinski definition) is 2. The maximum atomic E-state index is 12.8. The van der Waals surface area contributed by atoms with Gasteiger partial charge in [0.05, 0.1) is 17.7 Å². The van der Waals surface area contributed by atoms with Crippen LogP contribution in [-0.2, 0) is 6.42 Å². The molecule has 1 heterocycles. The third kappa shape index (κ3) is 5.50. The zero-order valence-electron chi connectivity index (χ0n) is 19.5. The van der Waals surface area contributed by atoms with Gasteiger partial charge in [-0.1, -0.05) is 61.5 Å². The van der Waals surface area contributed by atoms with Crippen molar-refractivity contribution < 1.29 is 24.0 Å². The van der Waals surface area contributed by atoms with Crippen molar-refractivity contribution in [2.75, 3.05) is 6.54 Å². The third-order valence-electron chi connectivity index (χ3n) is 5.94. The lowest BCUT2D eigenvalue weighted by Crippen LogP contribution is -2.29. The first-order chi connectivity index (χ1) is 17.3. The summed E-state index contributed by atoms with van der Waals surface area (Å²) in [6.45, 7) is 1.82. The van der Waals surface area contributed by atoms with Gasteiger partial charge in [0.1, 0.15) is 0 Å². The SMILES string of the molecule is CC(Cc1ccc(-c2ccoc2C(=O)CNC(=O)c2ccc(O)c([N+](=O)[O-])c2)cc1)c1ccccc1. The number of Topliss-reactive ketones (excluding diaryl/α,β-unsaturated/α-hetero) is 1. The Bertz CT molecular complexity index is 1390. The fourth-order valence-corrected chi connectivity index (χ4v) is 3.98. The maximum absolute atomic E-state index is 12.8. The van der Waals surface area contributed by atoms with E-state index in [4.69, 9.17) is 4.42 Å². The van der Waals surface area contributed by atoms with Gasteiger partial charge in [-0.05, 0) is 47.2 Å². The molecule has 0 fully saturated rings. The number of nitrogens with zero attached hydrogens (tertiary/aromatic N) is 1. The molecule has 0 saturated heterocycles. The standard InChI is InChI=1S/C28H24N2O6/c1-18(20-5-3-2-4-6-20)15-19-7-9-21(10-8-19)23-13-14-36-27(23)26(32)17-29-28(33)22-11-12-25(31)24(16-22)30(34)35/h2-14,16,18,31H,15,17H2,1H3,(H,29,33). The molecule has 1 atom stereocenters. The van der Waals surface area contributed by atoms with E-state index in [0.717, 1.165) is 24.1 Å². The number of carbonyl (C=O) groups excluding carboxylic acids is 2. The van der Waals surface area contributed by atoms with Gasteiger partial charge in [0.15, 0.2) is 11.5 Å². The van der Waals surface area contributed by atoms with Crippen LogP contribution in [0.5, 0.6) is 5.75 Å². The van der Waals surface area contributed by atoms with Crippen molar-refractivity contribution in [3.05, 3.63) is 118 Å². The van der Waals surface area contributed by atoms with E-state index >= 15 is 0 Å². The summed E-state index contributed by atoms with van der Waals surface area (Å²) in [6.07, 6.45) is 2.29. The summed E-state index contributed by atoms with van der Waals surface area (Å²) in [6, 6.07) is 23.1. The Morgan fingerprint density at radius 1 is 1.03 bits per heavy atom. The Balaban J connectivity index is 1.41. The molecule has 182 valence electrons. The summed E-state index contributed by atoms with van der Waals surface area (Å²) >= 11 is 0. The number of hydrogen-bond acceptors (Lipinski definition) is 6. The first-order valence-electron chi connectivity index (χ1n) is 11.3. The molecule has 1 amide bonds. The quantitative estimate of drug-likeness (QED) is 0.183. The molecular formula is C28H24N2O6. The lowest BCUT2D eigenvalue weighted by molar-refractivity contribution is -0.385. The van der Waals surface area contributed by atoms with Gasteiger partial charge >= 0.3 is 5.69 Å². The number of benzene rings is 3. The van der Waals surface area contributed by atoms with E-state index in [9.17, 15) is 24.8 Å². The second kappa shape index (κ2) is 10.7. The van der Waals surface area contributed by atoms with Gasteiger partial charge in [0, 0.05) is 17.2 Å². The molecule has 1 unspecified atom stereocenters. The molecule has 0 bridgehead atoms. The number of phenols is 1. The van der Waals surface area contributed by atoms with Gasteiger partial charge in [-0.3, -0.25) is 19.7 Å². The Morgan fingerprint density at radius 3 is 2.44 bits per heavy atom. The Hall–Kier alpha value is -4.72. The van der Waals surface area contributed by atoms with Crippen molar-refractivity contribution in [3.8, 4) is 16.9 Å². The van der Waals surface area contributed by atoms with Gasteiger partial charge in [-0.25, -0.2) is 0 Å². The molecule has 0 spiro atoms. The smallest absolute Gasteiger partial charge is 0.311 e. The number of rotatable bonds is 9. The van der Waals surface area contributed by atoms with Crippen molar-refractivity contribution in [2.45, 2.75) is 19.3 Å². The molecule has 8 heteroatoms. The molecule has 0 radical (unpaired) electrons. The van der Waals surface area contributed by atoms with Gasteiger partial charge in [-0.15, -0.1) is 0 Å². The summed E-state index contributed by atoms with van der Waals surface area (Å²) in [4.78, 5) is 35.4. The van der Waals surface area contributed by atoms with Gasteiger partial charge in [-0.2, -0.15) is 0 Å². The largest absolute Gasteiger partial charge is 0.502 e. The minimum Gasteiger partial charge on any atom is -0.502 e. The highest BCUT2D eigenvalue weighted by atomic mass is 16.6. The predicted molar refractivity (Wildman–Crippen MR) is 134 cm³/mol. The summed E-state index contributed by atoms with van der Waals surface area (Å²) < 4.78 is 5.41. The predicted octanol–water partition coefficient (Wildman–Crippen LogP) is 5.52. The van der Waals surface area contributed by atoms with Crippen LogP contribution < -0.4 is 5.32 Å². The molecule has 4 aromatic rings. The van der Waals surface area contributed by atoms with Crippen LogP contribution in [0.15, 0.2) is 89.5 Å². The van der Waals surface area contributed by atoms with Gasteiger partial charge < -0.3 is 14.8 Å². The fraction of sp³-hybridized carbons (Fsp3) is 0.143. The van der Waals surface area contributed by atoms with E-state index in [1.807, 2.05) is 42.5 Å². The van der Waals surface area contributed by atoms with Crippen molar-refractivity contribution in [1.29, 1.82) is 0 Å². The second-order valence-corrected chi connectivity index (χ2v) is 8.44. The number of phenolic OH excluding ortho intramolecular Hbond substituents is 1. The van der Waals surface area contributed by atoms with E-state index in [1.54, 1.807) is 6.07 Å². The number of amides is 1. The minimum atomic E-state index is -0.792. The van der Waals surface area contributed by atoms with Crippen molar-refractivity contribution >= 4 is 17.4 Å². The summed E-state index contributed by atoms with van der Waals surface area (Å²) in [5.74, 6) is -1.21. The van der Waals surface area contributed by atoms with Crippen molar-refractivity contribution in [3.63, 3.8) is 0 Å². The first kappa shape index (κ1) is 24.4. The van der Waals surface area contributed by atoms with Crippen molar-refractivity contribution in [2.24, 2.45) is 0 Å². The Labute approximate surface area is 207 Å². The van der Waals surface area contributed by atoms with Crippen molar-refractivity contribution in [1.82, 2.24) is 5.32 Å². The highest BCUT2D eigenvalue weighted by molar-refractivity contribution is 6.04. The maximum Gasteiger partial charge on any atom is 0.311 e. The normalized spacial score (nSPS) is 11.6. The topological polar surface area (TPSA) is 123 Å². The average Bonchev–Trinajstić information content (AvgIpc) is 3.38. The van der Waals surface area contributed by atoms with Crippen LogP contribution >= 0.6 is 0 Å². The van der Waals surface area contributed by atoms with Crippen LogP contribution in [0, 0.1) is 10.1 Å². The zero-order chi connectivity index (χ0) is 25.7. The van der Waals surface area contributed by atoms with E-state index in [0.29, 0.717) is 11.5 Å². The molecule has 1 aromatic heterocycles. The lowest BCUT2D eigenvalue weighted by Gasteiger charge is -2.12. The summed E-state index contributed by atoms with van der Waals surface area (Å²) in [5.41, 5.74) is 3.21. The van der Waals surface area contributed by atoms with Crippen LogP contribution in [0.4, 0.5) is 5.69 Å². The highest BCUT2D eigenvalue weighted by Crippen LogP contribution is 2.28. The second-order valence-electron chi connectivity index (χ2n) is 8.44. The average molecular weight is 485 g/mol. The number of nitrogens with one attached hydrogen (secondary N) is 1. The van der Waals surface area contributed by atoms with Crippen LogP contribution in [-0.4, -0.2) is 28.3 Å². The van der Waals surface area contributed by atoms with E-state index in [-0.39, 0.29) is 17.9 Å². The van der Waals surface area contributed by atoms with Crippen LogP contribution in [0.3, 0.4) is 0 Å². The van der Waals surface area contributed by atoms with E-state index in [1.165, 1.54) is 23.5 Å². The third-order valence-corrected chi connectivity index (χ3v) is 5.94. The van der Waals surface area contributed by atoms with Crippen LogP contribution in [0.25, 0.3) is 11.1 Å².